The average molecular weight is 222 g/mol. The van der Waals surface area contributed by atoms with Crippen LogP contribution in [0.25, 0.3) is 11.0 Å². The first kappa shape index (κ1) is 10.6. The van der Waals surface area contributed by atoms with Crippen LogP contribution >= 0.6 is 0 Å². The highest BCUT2D eigenvalue weighted by Gasteiger charge is 2.08. The summed E-state index contributed by atoms with van der Waals surface area (Å²) < 4.78 is 5.14. The van der Waals surface area contributed by atoms with Crippen LogP contribution in [0.1, 0.15) is 6.92 Å². The number of aromatic amines is 1. The predicted molar refractivity (Wildman–Crippen MR) is 61.1 cm³/mol. The third-order valence-corrected chi connectivity index (χ3v) is 2.29. The van der Waals surface area contributed by atoms with Crippen molar-refractivity contribution in [2.75, 3.05) is 24.7 Å². The van der Waals surface area contributed by atoms with Crippen molar-refractivity contribution in [1.82, 2.24) is 20.2 Å². The molecule has 86 valence electrons. The lowest BCUT2D eigenvalue weighted by molar-refractivity contribution is 0.128. The lowest BCUT2D eigenvalue weighted by Gasteiger charge is -2.11. The molecule has 0 saturated carbocycles. The van der Waals surface area contributed by atoms with Gasteiger partial charge in [0.15, 0.2) is 5.65 Å². The van der Waals surface area contributed by atoms with E-state index in [9.17, 15) is 0 Å². The molecule has 7 nitrogen and oxygen atoms in total. The fourth-order valence-electron chi connectivity index (χ4n) is 1.31. The standard InChI is InChI=1S/C9H14N6O/c1-5(16-2)3-11-7-6-4-12-15-8(6)14-9(10)13-7/h4-5H,3H2,1-2H3,(H4,10,11,12,13,14,15). The van der Waals surface area contributed by atoms with Crippen molar-refractivity contribution in [1.29, 1.82) is 0 Å². The third-order valence-electron chi connectivity index (χ3n) is 2.29. The summed E-state index contributed by atoms with van der Waals surface area (Å²) in [6.07, 6.45) is 1.76. The number of aromatic nitrogens is 4. The Morgan fingerprint density at radius 2 is 2.38 bits per heavy atom. The average Bonchev–Trinajstić information content (AvgIpc) is 2.73. The SMILES string of the molecule is COC(C)CNc1nc(N)nc2[nH]ncc12. The Kier molecular flexibility index (Phi) is 2.86. The number of ether oxygens (including phenoxy) is 1. The van der Waals surface area contributed by atoms with Crippen molar-refractivity contribution in [2.45, 2.75) is 13.0 Å². The molecule has 16 heavy (non-hydrogen) atoms. The van der Waals surface area contributed by atoms with E-state index in [2.05, 4.69) is 25.5 Å². The lowest BCUT2D eigenvalue weighted by Crippen LogP contribution is -2.19. The molecule has 2 heterocycles. The zero-order valence-electron chi connectivity index (χ0n) is 9.19. The van der Waals surface area contributed by atoms with E-state index in [1.807, 2.05) is 6.92 Å². The monoisotopic (exact) mass is 222 g/mol. The molecule has 0 aliphatic carbocycles. The first-order valence-corrected chi connectivity index (χ1v) is 4.94. The molecule has 1 atom stereocenters. The van der Waals surface area contributed by atoms with Crippen LogP contribution in [0.15, 0.2) is 6.20 Å². The summed E-state index contributed by atoms with van der Waals surface area (Å²) in [5.41, 5.74) is 6.21. The highest BCUT2D eigenvalue weighted by atomic mass is 16.5. The van der Waals surface area contributed by atoms with Crippen LogP contribution in [-0.4, -0.2) is 39.9 Å². The Morgan fingerprint density at radius 3 is 3.12 bits per heavy atom. The second kappa shape index (κ2) is 4.31. The minimum absolute atomic E-state index is 0.0955. The first-order valence-electron chi connectivity index (χ1n) is 4.94. The van der Waals surface area contributed by atoms with Gasteiger partial charge in [-0.25, -0.2) is 0 Å². The topological polar surface area (TPSA) is 102 Å². The van der Waals surface area contributed by atoms with E-state index < -0.39 is 0 Å². The Labute approximate surface area is 92.4 Å². The van der Waals surface area contributed by atoms with Crippen molar-refractivity contribution in [2.24, 2.45) is 0 Å². The predicted octanol–water partition coefficient (Wildman–Crippen LogP) is 0.382. The molecule has 0 aliphatic rings. The summed E-state index contributed by atoms with van der Waals surface area (Å²) in [7, 11) is 1.66. The molecule has 4 N–H and O–H groups in total. The maximum Gasteiger partial charge on any atom is 0.224 e. The Hall–Kier alpha value is -1.89. The van der Waals surface area contributed by atoms with Gasteiger partial charge in [-0.05, 0) is 6.92 Å². The molecule has 0 radical (unpaired) electrons. The molecule has 2 aromatic rings. The van der Waals surface area contributed by atoms with Crippen LogP contribution in [-0.2, 0) is 4.74 Å². The van der Waals surface area contributed by atoms with Gasteiger partial charge < -0.3 is 15.8 Å². The van der Waals surface area contributed by atoms with Gasteiger partial charge in [0.05, 0.1) is 17.7 Å². The number of rotatable bonds is 4. The highest BCUT2D eigenvalue weighted by molar-refractivity contribution is 5.86. The van der Waals surface area contributed by atoms with Crippen LogP contribution in [0.2, 0.25) is 0 Å². The Bertz CT molecular complexity index is 482. The molecule has 2 aromatic heterocycles. The largest absolute Gasteiger partial charge is 0.380 e. The maximum atomic E-state index is 5.58. The number of fused-ring (bicyclic) bond motifs is 1. The number of hydrogen-bond donors (Lipinski definition) is 3. The summed E-state index contributed by atoms with van der Waals surface area (Å²) in [5.74, 6) is 0.879. The maximum absolute atomic E-state index is 5.58. The molecule has 0 amide bonds. The van der Waals surface area contributed by atoms with Crippen molar-refractivity contribution < 1.29 is 4.74 Å². The highest BCUT2D eigenvalue weighted by Crippen LogP contribution is 2.18. The van der Waals surface area contributed by atoms with Crippen LogP contribution in [0.4, 0.5) is 11.8 Å². The van der Waals surface area contributed by atoms with Gasteiger partial charge in [0.2, 0.25) is 5.95 Å². The molecule has 0 aromatic carbocycles. The van der Waals surface area contributed by atoms with Crippen molar-refractivity contribution in [3.05, 3.63) is 6.20 Å². The molecular weight excluding hydrogens is 208 g/mol. The smallest absolute Gasteiger partial charge is 0.224 e. The minimum Gasteiger partial charge on any atom is -0.380 e. The lowest BCUT2D eigenvalue weighted by atomic mass is 10.3. The van der Waals surface area contributed by atoms with Crippen LogP contribution in [0, 0.1) is 0 Å². The number of nitrogens with two attached hydrogens (primary N) is 1. The van der Waals surface area contributed by atoms with Crippen LogP contribution in [0.5, 0.6) is 0 Å². The number of nitrogen functional groups attached to an aromatic ring is 1. The molecule has 0 bridgehead atoms. The molecule has 1 unspecified atom stereocenters. The molecule has 2 rings (SSSR count). The van der Waals surface area contributed by atoms with E-state index in [1.54, 1.807) is 13.3 Å². The fraction of sp³-hybridized carbons (Fsp3) is 0.444. The zero-order chi connectivity index (χ0) is 11.5. The van der Waals surface area contributed by atoms with Crippen LogP contribution < -0.4 is 11.1 Å². The number of hydrogen-bond acceptors (Lipinski definition) is 6. The van der Waals surface area contributed by atoms with E-state index >= 15 is 0 Å². The number of nitrogens with zero attached hydrogens (tertiary/aromatic N) is 3. The van der Waals surface area contributed by atoms with Gasteiger partial charge in [-0.3, -0.25) is 5.10 Å². The molecule has 7 heteroatoms. The van der Waals surface area contributed by atoms with E-state index in [4.69, 9.17) is 10.5 Å². The second-order valence-electron chi connectivity index (χ2n) is 3.49. The molecule has 0 saturated heterocycles. The van der Waals surface area contributed by atoms with Crippen LogP contribution in [0.3, 0.4) is 0 Å². The number of methoxy groups -OCH3 is 1. The minimum atomic E-state index is 0.0955. The molecule has 0 fully saturated rings. The molecule has 0 aliphatic heterocycles. The zero-order valence-corrected chi connectivity index (χ0v) is 9.19. The van der Waals surface area contributed by atoms with Gasteiger partial charge >= 0.3 is 0 Å². The summed E-state index contributed by atoms with van der Waals surface area (Å²) in [4.78, 5) is 8.14. The van der Waals surface area contributed by atoms with E-state index in [1.165, 1.54) is 0 Å². The van der Waals surface area contributed by atoms with Gasteiger partial charge in [-0.2, -0.15) is 15.1 Å². The Balaban J connectivity index is 2.25. The Morgan fingerprint density at radius 1 is 1.56 bits per heavy atom. The van der Waals surface area contributed by atoms with Gasteiger partial charge in [0, 0.05) is 13.7 Å². The normalized spacial score (nSPS) is 12.9. The molecule has 0 spiro atoms. The number of nitrogens with one attached hydrogen (secondary N) is 2. The molecular formula is C9H14N6O. The van der Waals surface area contributed by atoms with Crippen molar-refractivity contribution in [3.63, 3.8) is 0 Å². The van der Waals surface area contributed by atoms with Crippen molar-refractivity contribution >= 4 is 22.8 Å². The number of H-pyrrole nitrogens is 1. The van der Waals surface area contributed by atoms with E-state index in [-0.39, 0.29) is 12.1 Å². The van der Waals surface area contributed by atoms with Gasteiger partial charge in [0.25, 0.3) is 0 Å². The van der Waals surface area contributed by atoms with Gasteiger partial charge in [-0.1, -0.05) is 0 Å². The van der Waals surface area contributed by atoms with Gasteiger partial charge in [0.1, 0.15) is 5.82 Å². The summed E-state index contributed by atoms with van der Waals surface area (Å²) in [6, 6.07) is 0. The second-order valence-corrected chi connectivity index (χ2v) is 3.49. The first-order chi connectivity index (χ1) is 7.70. The summed E-state index contributed by atoms with van der Waals surface area (Å²) >= 11 is 0. The summed E-state index contributed by atoms with van der Waals surface area (Å²) in [5, 5.41) is 10.6. The van der Waals surface area contributed by atoms with Crippen molar-refractivity contribution in [3.8, 4) is 0 Å². The third kappa shape index (κ3) is 2.03. The van der Waals surface area contributed by atoms with E-state index in [0.717, 1.165) is 5.39 Å². The van der Waals surface area contributed by atoms with Gasteiger partial charge in [-0.15, -0.1) is 0 Å². The number of anilines is 2. The quantitative estimate of drug-likeness (QED) is 0.691. The summed E-state index contributed by atoms with van der Waals surface area (Å²) in [6.45, 7) is 2.61. The fourth-order valence-corrected chi connectivity index (χ4v) is 1.31. The van der Waals surface area contributed by atoms with E-state index in [0.29, 0.717) is 18.0 Å².